The Labute approximate surface area is 97.4 Å². The van der Waals surface area contributed by atoms with Gasteiger partial charge in [0.15, 0.2) is 0 Å². The normalized spacial score (nSPS) is 11.3. The van der Waals surface area contributed by atoms with Gasteiger partial charge in [0.05, 0.1) is 0 Å². The van der Waals surface area contributed by atoms with E-state index in [0.29, 0.717) is 0 Å². The van der Waals surface area contributed by atoms with Crippen LogP contribution in [0.5, 0.6) is 0 Å². The number of rotatable bonds is 3. The van der Waals surface area contributed by atoms with Crippen LogP contribution in [0.15, 0.2) is 25.3 Å². The molecule has 0 fully saturated rings. The van der Waals surface area contributed by atoms with Gasteiger partial charge in [-0.3, -0.25) is 0 Å². The average molecular weight is 230 g/mol. The Morgan fingerprint density at radius 2 is 1.07 bits per heavy atom. The lowest BCUT2D eigenvalue weighted by Crippen LogP contribution is -2.29. The molecule has 0 aromatic heterocycles. The van der Waals surface area contributed by atoms with Crippen molar-refractivity contribution in [2.75, 3.05) is 0 Å². The predicted molar refractivity (Wildman–Crippen MR) is 70.6 cm³/mol. The first-order chi connectivity index (χ1) is 6.62. The van der Waals surface area contributed by atoms with E-state index >= 15 is 0 Å². The summed E-state index contributed by atoms with van der Waals surface area (Å²) in [6.45, 7) is 19.0. The van der Waals surface area contributed by atoms with Crippen molar-refractivity contribution in [2.24, 2.45) is 0 Å². The van der Waals surface area contributed by atoms with E-state index in [2.05, 4.69) is 13.2 Å². The van der Waals surface area contributed by atoms with Crippen LogP contribution >= 0.6 is 0 Å². The molecule has 15 heavy (non-hydrogen) atoms. The summed E-state index contributed by atoms with van der Waals surface area (Å²) < 4.78 is 11.0. The van der Waals surface area contributed by atoms with E-state index in [-0.39, 0.29) is 11.2 Å². The summed E-state index contributed by atoms with van der Waals surface area (Å²) in [5.41, 5.74) is -0.0883. The van der Waals surface area contributed by atoms with Crippen molar-refractivity contribution in [3.8, 4) is 0 Å². The third-order valence-corrected chi connectivity index (χ3v) is 3.12. The van der Waals surface area contributed by atoms with Crippen LogP contribution in [0.1, 0.15) is 41.5 Å². The maximum atomic E-state index is 5.52. The monoisotopic (exact) mass is 230 g/mol. The molecule has 0 aliphatic heterocycles. The van der Waals surface area contributed by atoms with Crippen molar-refractivity contribution in [3.05, 3.63) is 25.3 Å². The maximum absolute atomic E-state index is 5.52. The van der Waals surface area contributed by atoms with Gasteiger partial charge in [-0.05, 0) is 41.5 Å². The van der Waals surface area contributed by atoms with Crippen LogP contribution in [0.2, 0.25) is 0 Å². The lowest BCUT2D eigenvalue weighted by Gasteiger charge is -2.24. The molecule has 0 rings (SSSR count). The molecule has 0 atom stereocenters. The highest BCUT2D eigenvalue weighted by Gasteiger charge is 2.14. The van der Waals surface area contributed by atoms with Crippen molar-refractivity contribution in [3.63, 3.8) is 0 Å². The zero-order chi connectivity index (χ0) is 12.5. The highest BCUT2D eigenvalue weighted by Crippen LogP contribution is 2.09. The standard InChI is InChI=1S/C8H20O2Si.C4H6/c1-7(2,3)9-11-10-8(4,5)6;1-3-4-2/h11H2,1-6H3;3-4H,1-2H2. The molecule has 0 aromatic carbocycles. The van der Waals surface area contributed by atoms with Gasteiger partial charge in [-0.1, -0.05) is 25.3 Å². The molecule has 3 heteroatoms. The van der Waals surface area contributed by atoms with E-state index in [0.717, 1.165) is 0 Å². The molecule has 0 aliphatic rings. The van der Waals surface area contributed by atoms with E-state index in [1.54, 1.807) is 12.2 Å². The summed E-state index contributed by atoms with van der Waals surface area (Å²) in [7, 11) is -0.797. The molecule has 2 nitrogen and oxygen atoms in total. The molecule has 0 amide bonds. The Morgan fingerprint density at radius 3 is 1.20 bits per heavy atom. The fourth-order valence-corrected chi connectivity index (χ4v) is 1.15. The summed E-state index contributed by atoms with van der Waals surface area (Å²) in [6.07, 6.45) is 3.28. The molecule has 0 aliphatic carbocycles. The second kappa shape index (κ2) is 7.85. The third kappa shape index (κ3) is 24.7. The Hall–Kier alpha value is -0.383. The van der Waals surface area contributed by atoms with Gasteiger partial charge in [0.2, 0.25) is 0 Å². The van der Waals surface area contributed by atoms with E-state index < -0.39 is 10.0 Å². The average Bonchev–Trinajstić information content (AvgIpc) is 2.00. The highest BCUT2D eigenvalue weighted by atomic mass is 28.3. The Balaban J connectivity index is 0. The number of hydrogen-bond donors (Lipinski definition) is 0. The van der Waals surface area contributed by atoms with E-state index in [1.807, 2.05) is 41.5 Å². The van der Waals surface area contributed by atoms with Crippen LogP contribution < -0.4 is 0 Å². The molecule has 0 saturated heterocycles. The van der Waals surface area contributed by atoms with Crippen molar-refractivity contribution in [1.82, 2.24) is 0 Å². The van der Waals surface area contributed by atoms with Gasteiger partial charge in [0.1, 0.15) is 0 Å². The van der Waals surface area contributed by atoms with Crippen LogP contribution in [-0.4, -0.2) is 21.2 Å². The van der Waals surface area contributed by atoms with Gasteiger partial charge in [0.25, 0.3) is 0 Å². The quantitative estimate of drug-likeness (QED) is 0.548. The van der Waals surface area contributed by atoms with E-state index in [9.17, 15) is 0 Å². The predicted octanol–water partition coefficient (Wildman–Crippen LogP) is 2.97. The Bertz CT molecular complexity index is 155. The SMILES string of the molecule is C=CC=C.CC(C)(C)O[SiH2]OC(C)(C)C. The molecule has 0 radical (unpaired) electrons. The second-order valence-electron chi connectivity index (χ2n) is 5.10. The van der Waals surface area contributed by atoms with Crippen molar-refractivity contribution >= 4 is 10.0 Å². The zero-order valence-electron chi connectivity index (χ0n) is 11.1. The smallest absolute Gasteiger partial charge is 0.305 e. The molecule has 0 spiro atoms. The second-order valence-corrected chi connectivity index (χ2v) is 5.92. The number of allylic oxidation sites excluding steroid dienone is 2. The molecule has 0 aromatic rings. The first-order valence-electron chi connectivity index (χ1n) is 5.14. The van der Waals surface area contributed by atoms with Gasteiger partial charge < -0.3 is 8.85 Å². The van der Waals surface area contributed by atoms with Crippen LogP contribution in [0.25, 0.3) is 0 Å². The van der Waals surface area contributed by atoms with Crippen molar-refractivity contribution in [1.29, 1.82) is 0 Å². The van der Waals surface area contributed by atoms with Crippen LogP contribution in [0.3, 0.4) is 0 Å². The van der Waals surface area contributed by atoms with Gasteiger partial charge in [0, 0.05) is 11.2 Å². The molecule has 0 saturated carbocycles. The first-order valence-corrected chi connectivity index (χ1v) is 6.29. The Kier molecular flexibility index (Phi) is 8.91. The summed E-state index contributed by atoms with van der Waals surface area (Å²) >= 11 is 0. The van der Waals surface area contributed by atoms with E-state index in [4.69, 9.17) is 8.85 Å². The summed E-state index contributed by atoms with van der Waals surface area (Å²) in [5.74, 6) is 0. The molecule has 90 valence electrons. The Morgan fingerprint density at radius 1 is 0.800 bits per heavy atom. The highest BCUT2D eigenvalue weighted by molar-refractivity contribution is 6.18. The summed E-state index contributed by atoms with van der Waals surface area (Å²) in [4.78, 5) is 0. The lowest BCUT2D eigenvalue weighted by atomic mass is 10.2. The van der Waals surface area contributed by atoms with Gasteiger partial charge in [-0.15, -0.1) is 0 Å². The number of hydrogen-bond acceptors (Lipinski definition) is 2. The fraction of sp³-hybridized carbons (Fsp3) is 0.667. The van der Waals surface area contributed by atoms with Gasteiger partial charge >= 0.3 is 10.0 Å². The van der Waals surface area contributed by atoms with Crippen molar-refractivity contribution in [2.45, 2.75) is 52.7 Å². The minimum absolute atomic E-state index is 0.0442. The van der Waals surface area contributed by atoms with Gasteiger partial charge in [-0.25, -0.2) is 0 Å². The zero-order valence-corrected chi connectivity index (χ0v) is 12.5. The van der Waals surface area contributed by atoms with Crippen LogP contribution in [0, 0.1) is 0 Å². The van der Waals surface area contributed by atoms with E-state index in [1.165, 1.54) is 0 Å². The van der Waals surface area contributed by atoms with Crippen LogP contribution in [0.4, 0.5) is 0 Å². The summed E-state index contributed by atoms with van der Waals surface area (Å²) in [5, 5.41) is 0. The minimum atomic E-state index is -0.797. The lowest BCUT2D eigenvalue weighted by molar-refractivity contribution is 0.0511. The topological polar surface area (TPSA) is 18.5 Å². The van der Waals surface area contributed by atoms with Crippen LogP contribution in [-0.2, 0) is 8.85 Å². The van der Waals surface area contributed by atoms with Crippen molar-refractivity contribution < 1.29 is 8.85 Å². The molecular weight excluding hydrogens is 204 g/mol. The maximum Gasteiger partial charge on any atom is 0.305 e. The molecule has 0 heterocycles. The minimum Gasteiger partial charge on any atom is -0.394 e. The molecule has 0 unspecified atom stereocenters. The largest absolute Gasteiger partial charge is 0.394 e. The first kappa shape index (κ1) is 17.0. The van der Waals surface area contributed by atoms with Gasteiger partial charge in [-0.2, -0.15) is 0 Å². The molecule has 0 N–H and O–H groups in total. The fourth-order valence-electron chi connectivity index (χ4n) is 0.383. The molecular formula is C12H26O2Si. The third-order valence-electron chi connectivity index (χ3n) is 1.15. The summed E-state index contributed by atoms with van der Waals surface area (Å²) in [6, 6.07) is 0. The molecule has 0 bridgehead atoms.